The summed E-state index contributed by atoms with van der Waals surface area (Å²) in [7, 11) is 2.71. The third-order valence-corrected chi connectivity index (χ3v) is 2.56. The monoisotopic (exact) mass is 251 g/mol. The number of carbonyl (C=O) groups is 2. The minimum absolute atomic E-state index is 0.0495. The fraction of sp³-hybridized carbons (Fsp3) is 0.385. The van der Waals surface area contributed by atoms with Gasteiger partial charge in [0.1, 0.15) is 0 Å². The molecule has 0 aromatic heterocycles. The molecule has 0 aliphatic carbocycles. The van der Waals surface area contributed by atoms with Gasteiger partial charge in [-0.15, -0.1) is 0 Å². The van der Waals surface area contributed by atoms with E-state index in [1.807, 2.05) is 30.3 Å². The molecule has 1 rings (SSSR count). The molecule has 5 nitrogen and oxygen atoms in total. The van der Waals surface area contributed by atoms with Crippen LogP contribution >= 0.6 is 0 Å². The summed E-state index contributed by atoms with van der Waals surface area (Å²) in [6, 6.07) is 8.73. The van der Waals surface area contributed by atoms with Crippen molar-refractivity contribution in [1.29, 1.82) is 0 Å². The van der Waals surface area contributed by atoms with Gasteiger partial charge in [-0.25, -0.2) is 5.06 Å². The largest absolute Gasteiger partial charge is 0.469 e. The van der Waals surface area contributed by atoms with Crippen LogP contribution in [0.2, 0.25) is 0 Å². The zero-order valence-electron chi connectivity index (χ0n) is 10.8. The van der Waals surface area contributed by atoms with E-state index in [1.54, 1.807) is 0 Å². The van der Waals surface area contributed by atoms with E-state index in [1.165, 1.54) is 26.2 Å². The van der Waals surface area contributed by atoms with Gasteiger partial charge in [-0.1, -0.05) is 30.3 Å². The Morgan fingerprint density at radius 1 is 1.22 bits per heavy atom. The van der Waals surface area contributed by atoms with Crippen LogP contribution in [0.25, 0.3) is 0 Å². The van der Waals surface area contributed by atoms with E-state index in [0.717, 1.165) is 5.56 Å². The summed E-state index contributed by atoms with van der Waals surface area (Å²) >= 11 is 0. The van der Waals surface area contributed by atoms with Gasteiger partial charge in [0.15, 0.2) is 0 Å². The molecule has 0 fully saturated rings. The van der Waals surface area contributed by atoms with Crippen molar-refractivity contribution in [1.82, 2.24) is 5.06 Å². The molecule has 0 aliphatic rings. The SMILES string of the molecule is COC(=O)CC(c1ccccc1)N(OC)C(C)=O. The topological polar surface area (TPSA) is 55.8 Å². The van der Waals surface area contributed by atoms with Gasteiger partial charge in [-0.3, -0.25) is 14.4 Å². The molecule has 0 spiro atoms. The number of nitrogens with zero attached hydrogens (tertiary/aromatic N) is 1. The average molecular weight is 251 g/mol. The van der Waals surface area contributed by atoms with Gasteiger partial charge in [-0.05, 0) is 5.56 Å². The van der Waals surface area contributed by atoms with Crippen molar-refractivity contribution >= 4 is 11.9 Å². The molecule has 1 aromatic carbocycles. The number of esters is 1. The van der Waals surface area contributed by atoms with E-state index in [0.29, 0.717) is 0 Å². The van der Waals surface area contributed by atoms with Gasteiger partial charge in [-0.2, -0.15) is 0 Å². The summed E-state index contributed by atoms with van der Waals surface area (Å²) in [6.07, 6.45) is 0.0495. The lowest BCUT2D eigenvalue weighted by Crippen LogP contribution is -2.33. The number of hydrogen-bond acceptors (Lipinski definition) is 4. The highest BCUT2D eigenvalue weighted by molar-refractivity contribution is 5.75. The second kappa shape index (κ2) is 6.76. The molecule has 1 amide bonds. The zero-order chi connectivity index (χ0) is 13.5. The summed E-state index contributed by atoms with van der Waals surface area (Å²) in [5.41, 5.74) is 0.819. The number of methoxy groups -OCH3 is 1. The second-order valence-corrected chi connectivity index (χ2v) is 3.73. The molecule has 18 heavy (non-hydrogen) atoms. The van der Waals surface area contributed by atoms with Crippen LogP contribution in [-0.4, -0.2) is 31.2 Å². The summed E-state index contributed by atoms with van der Waals surface area (Å²) < 4.78 is 4.64. The summed E-state index contributed by atoms with van der Waals surface area (Å²) in [4.78, 5) is 28.0. The van der Waals surface area contributed by atoms with Crippen molar-refractivity contribution in [3.63, 3.8) is 0 Å². The van der Waals surface area contributed by atoms with E-state index < -0.39 is 12.0 Å². The van der Waals surface area contributed by atoms with Crippen LogP contribution in [-0.2, 0) is 19.2 Å². The molecule has 0 saturated heterocycles. The van der Waals surface area contributed by atoms with Crippen LogP contribution in [0, 0.1) is 0 Å². The molecule has 98 valence electrons. The molecule has 1 unspecified atom stereocenters. The van der Waals surface area contributed by atoms with Crippen LogP contribution in [0.1, 0.15) is 24.9 Å². The first kappa shape index (κ1) is 14.2. The summed E-state index contributed by atoms with van der Waals surface area (Å²) in [5, 5.41) is 1.17. The fourth-order valence-electron chi connectivity index (χ4n) is 1.73. The number of carbonyl (C=O) groups excluding carboxylic acids is 2. The highest BCUT2D eigenvalue weighted by Gasteiger charge is 2.26. The minimum atomic E-state index is -0.485. The van der Waals surface area contributed by atoms with Crippen molar-refractivity contribution in [3.05, 3.63) is 35.9 Å². The zero-order valence-corrected chi connectivity index (χ0v) is 10.8. The molecular formula is C13H17NO4. The van der Waals surface area contributed by atoms with Crippen LogP contribution in [0.3, 0.4) is 0 Å². The Hall–Kier alpha value is -1.88. The predicted molar refractivity (Wildman–Crippen MR) is 65.3 cm³/mol. The Balaban J connectivity index is 3.01. The lowest BCUT2D eigenvalue weighted by atomic mass is 10.0. The summed E-state index contributed by atoms with van der Waals surface area (Å²) in [6.45, 7) is 1.39. The number of amides is 1. The quantitative estimate of drug-likeness (QED) is 0.590. The van der Waals surface area contributed by atoms with Crippen LogP contribution in [0.4, 0.5) is 0 Å². The smallest absolute Gasteiger partial charge is 0.308 e. The van der Waals surface area contributed by atoms with Crippen molar-refractivity contribution in [3.8, 4) is 0 Å². The standard InChI is InChI=1S/C13H17NO4/c1-10(15)14(18-3)12(9-13(16)17-2)11-7-5-4-6-8-11/h4-8,12H,9H2,1-3H3. The van der Waals surface area contributed by atoms with Gasteiger partial charge in [0.05, 0.1) is 26.7 Å². The molecule has 0 heterocycles. The van der Waals surface area contributed by atoms with E-state index in [9.17, 15) is 9.59 Å². The number of rotatable bonds is 5. The van der Waals surface area contributed by atoms with Gasteiger partial charge < -0.3 is 4.74 Å². The Bertz CT molecular complexity index is 405. The van der Waals surface area contributed by atoms with Crippen molar-refractivity contribution < 1.29 is 19.2 Å². The Labute approximate surface area is 106 Å². The molecular weight excluding hydrogens is 234 g/mol. The third-order valence-electron chi connectivity index (χ3n) is 2.56. The maximum atomic E-state index is 11.5. The maximum absolute atomic E-state index is 11.5. The van der Waals surface area contributed by atoms with E-state index in [-0.39, 0.29) is 12.3 Å². The number of hydrogen-bond donors (Lipinski definition) is 0. The Morgan fingerprint density at radius 2 is 1.83 bits per heavy atom. The molecule has 1 aromatic rings. The first-order valence-corrected chi connectivity index (χ1v) is 5.55. The van der Waals surface area contributed by atoms with E-state index >= 15 is 0 Å². The van der Waals surface area contributed by atoms with Crippen LogP contribution in [0.15, 0.2) is 30.3 Å². The first-order chi connectivity index (χ1) is 8.60. The molecule has 0 saturated carbocycles. The Kier molecular flexibility index (Phi) is 5.32. The molecule has 0 N–H and O–H groups in total. The molecule has 5 heteroatoms. The maximum Gasteiger partial charge on any atom is 0.308 e. The van der Waals surface area contributed by atoms with Crippen LogP contribution < -0.4 is 0 Å². The van der Waals surface area contributed by atoms with E-state index in [2.05, 4.69) is 4.74 Å². The van der Waals surface area contributed by atoms with Gasteiger partial charge in [0, 0.05) is 6.92 Å². The van der Waals surface area contributed by atoms with Crippen molar-refractivity contribution in [2.75, 3.05) is 14.2 Å². The summed E-state index contributed by atoms with van der Waals surface area (Å²) in [5.74, 6) is -0.664. The molecule has 0 radical (unpaired) electrons. The second-order valence-electron chi connectivity index (χ2n) is 3.73. The molecule has 0 aliphatic heterocycles. The highest BCUT2D eigenvalue weighted by atomic mass is 16.7. The lowest BCUT2D eigenvalue weighted by Gasteiger charge is -2.28. The number of ether oxygens (including phenoxy) is 1. The Morgan fingerprint density at radius 3 is 2.28 bits per heavy atom. The highest BCUT2D eigenvalue weighted by Crippen LogP contribution is 2.24. The normalized spacial score (nSPS) is 11.7. The minimum Gasteiger partial charge on any atom is -0.469 e. The number of benzene rings is 1. The van der Waals surface area contributed by atoms with Crippen molar-refractivity contribution in [2.45, 2.75) is 19.4 Å². The van der Waals surface area contributed by atoms with E-state index in [4.69, 9.17) is 4.84 Å². The predicted octanol–water partition coefficient (Wildman–Crippen LogP) is 1.70. The van der Waals surface area contributed by atoms with Crippen LogP contribution in [0.5, 0.6) is 0 Å². The molecule has 0 bridgehead atoms. The van der Waals surface area contributed by atoms with Crippen molar-refractivity contribution in [2.24, 2.45) is 0 Å². The van der Waals surface area contributed by atoms with Gasteiger partial charge >= 0.3 is 5.97 Å². The average Bonchev–Trinajstić information content (AvgIpc) is 2.38. The van der Waals surface area contributed by atoms with Gasteiger partial charge in [0.2, 0.25) is 5.91 Å². The molecule has 1 atom stereocenters. The fourth-order valence-corrected chi connectivity index (χ4v) is 1.73. The first-order valence-electron chi connectivity index (χ1n) is 5.55. The third kappa shape index (κ3) is 3.56. The van der Waals surface area contributed by atoms with Gasteiger partial charge in [0.25, 0.3) is 0 Å². The lowest BCUT2D eigenvalue weighted by molar-refractivity contribution is -0.189. The number of hydroxylamine groups is 2.